The molecule has 2 aromatic carbocycles. The van der Waals surface area contributed by atoms with Gasteiger partial charge in [0, 0.05) is 34.4 Å². The zero-order chi connectivity index (χ0) is 15.5. The standard InChI is InChI=1S/C18H15ClN2O/c1-13-11-15(19)7-8-17(13)20-18(22)14-5-4-6-16(12-14)21-9-2-3-10-21/h2-12H,1H3,(H,20,22). The Labute approximate surface area is 134 Å². The molecule has 0 spiro atoms. The van der Waals surface area contributed by atoms with Gasteiger partial charge in [0.1, 0.15) is 0 Å². The summed E-state index contributed by atoms with van der Waals surface area (Å²) in [5.41, 5.74) is 3.26. The molecule has 0 fully saturated rings. The van der Waals surface area contributed by atoms with Crippen LogP contribution in [0.5, 0.6) is 0 Å². The van der Waals surface area contributed by atoms with Crippen LogP contribution in [-0.4, -0.2) is 10.5 Å². The van der Waals surface area contributed by atoms with E-state index in [0.29, 0.717) is 10.6 Å². The second kappa shape index (κ2) is 6.08. The van der Waals surface area contributed by atoms with E-state index in [2.05, 4.69) is 5.32 Å². The van der Waals surface area contributed by atoms with Crippen molar-refractivity contribution >= 4 is 23.2 Å². The van der Waals surface area contributed by atoms with Gasteiger partial charge in [-0.2, -0.15) is 0 Å². The third-order valence-corrected chi connectivity index (χ3v) is 3.68. The number of anilines is 1. The summed E-state index contributed by atoms with van der Waals surface area (Å²) in [7, 11) is 0. The van der Waals surface area contributed by atoms with Crippen LogP contribution < -0.4 is 5.32 Å². The van der Waals surface area contributed by atoms with Crippen LogP contribution in [0, 0.1) is 6.92 Å². The van der Waals surface area contributed by atoms with Crippen LogP contribution in [0.3, 0.4) is 0 Å². The number of hydrogen-bond donors (Lipinski definition) is 1. The van der Waals surface area contributed by atoms with Gasteiger partial charge >= 0.3 is 0 Å². The zero-order valence-corrected chi connectivity index (χ0v) is 12.8. The summed E-state index contributed by atoms with van der Waals surface area (Å²) in [5, 5.41) is 3.58. The van der Waals surface area contributed by atoms with Crippen molar-refractivity contribution in [3.8, 4) is 5.69 Å². The smallest absolute Gasteiger partial charge is 0.255 e. The highest BCUT2D eigenvalue weighted by Crippen LogP contribution is 2.20. The predicted molar refractivity (Wildman–Crippen MR) is 89.9 cm³/mol. The van der Waals surface area contributed by atoms with Crippen LogP contribution >= 0.6 is 11.6 Å². The number of nitrogens with one attached hydrogen (secondary N) is 1. The Morgan fingerprint density at radius 1 is 1.05 bits per heavy atom. The first-order valence-corrected chi connectivity index (χ1v) is 7.32. The summed E-state index contributed by atoms with van der Waals surface area (Å²) < 4.78 is 1.96. The molecule has 0 bridgehead atoms. The molecule has 22 heavy (non-hydrogen) atoms. The Morgan fingerprint density at radius 3 is 2.55 bits per heavy atom. The zero-order valence-electron chi connectivity index (χ0n) is 12.1. The highest BCUT2D eigenvalue weighted by molar-refractivity contribution is 6.30. The Hall–Kier alpha value is -2.52. The van der Waals surface area contributed by atoms with Gasteiger partial charge in [-0.3, -0.25) is 4.79 Å². The van der Waals surface area contributed by atoms with E-state index in [1.165, 1.54) is 0 Å². The fourth-order valence-electron chi connectivity index (χ4n) is 2.28. The number of aromatic nitrogens is 1. The fraction of sp³-hybridized carbons (Fsp3) is 0.0556. The molecule has 1 amide bonds. The van der Waals surface area contributed by atoms with Crippen LogP contribution in [0.2, 0.25) is 5.02 Å². The molecule has 4 heteroatoms. The van der Waals surface area contributed by atoms with Crippen molar-refractivity contribution in [2.45, 2.75) is 6.92 Å². The second-order valence-electron chi connectivity index (χ2n) is 5.05. The van der Waals surface area contributed by atoms with E-state index in [9.17, 15) is 4.79 Å². The van der Waals surface area contributed by atoms with Crippen LogP contribution in [0.15, 0.2) is 67.0 Å². The van der Waals surface area contributed by atoms with Crippen molar-refractivity contribution in [1.29, 1.82) is 0 Å². The molecule has 0 aliphatic rings. The van der Waals surface area contributed by atoms with Crippen molar-refractivity contribution in [3.63, 3.8) is 0 Å². The van der Waals surface area contributed by atoms with Crippen LogP contribution in [-0.2, 0) is 0 Å². The maximum atomic E-state index is 12.4. The van der Waals surface area contributed by atoms with E-state index in [1.54, 1.807) is 12.1 Å². The first-order valence-electron chi connectivity index (χ1n) is 6.94. The van der Waals surface area contributed by atoms with Gasteiger partial charge in [-0.15, -0.1) is 0 Å². The molecular weight excluding hydrogens is 296 g/mol. The molecule has 1 heterocycles. The fourth-order valence-corrected chi connectivity index (χ4v) is 2.50. The summed E-state index contributed by atoms with van der Waals surface area (Å²) in [6, 6.07) is 16.8. The van der Waals surface area contributed by atoms with Crippen molar-refractivity contribution in [2.75, 3.05) is 5.32 Å². The summed E-state index contributed by atoms with van der Waals surface area (Å²) in [6.45, 7) is 1.91. The van der Waals surface area contributed by atoms with Gasteiger partial charge in [0.25, 0.3) is 5.91 Å². The lowest BCUT2D eigenvalue weighted by Crippen LogP contribution is -2.13. The summed E-state index contributed by atoms with van der Waals surface area (Å²) in [6.07, 6.45) is 3.89. The van der Waals surface area contributed by atoms with Gasteiger partial charge in [-0.25, -0.2) is 0 Å². The highest BCUT2D eigenvalue weighted by atomic mass is 35.5. The number of rotatable bonds is 3. The minimum atomic E-state index is -0.139. The molecular formula is C18H15ClN2O. The normalized spacial score (nSPS) is 10.5. The third kappa shape index (κ3) is 3.05. The van der Waals surface area contributed by atoms with Gasteiger partial charge in [0.2, 0.25) is 0 Å². The van der Waals surface area contributed by atoms with E-state index in [0.717, 1.165) is 16.9 Å². The Bertz CT molecular complexity index is 810. The molecule has 0 saturated carbocycles. The average Bonchev–Trinajstić information content (AvgIpc) is 3.04. The molecule has 0 aliphatic carbocycles. The third-order valence-electron chi connectivity index (χ3n) is 3.45. The van der Waals surface area contributed by atoms with Crippen LogP contribution in [0.25, 0.3) is 5.69 Å². The quantitative estimate of drug-likeness (QED) is 0.748. The second-order valence-corrected chi connectivity index (χ2v) is 5.49. The number of hydrogen-bond acceptors (Lipinski definition) is 1. The molecule has 3 nitrogen and oxygen atoms in total. The number of benzene rings is 2. The van der Waals surface area contributed by atoms with Crippen LogP contribution in [0.1, 0.15) is 15.9 Å². The molecule has 0 saturated heterocycles. The lowest BCUT2D eigenvalue weighted by atomic mass is 10.1. The maximum absolute atomic E-state index is 12.4. The number of aryl methyl sites for hydroxylation is 1. The molecule has 0 unspecified atom stereocenters. The summed E-state index contributed by atoms with van der Waals surface area (Å²) in [4.78, 5) is 12.4. The van der Waals surface area contributed by atoms with Gasteiger partial charge < -0.3 is 9.88 Å². The minimum Gasteiger partial charge on any atom is -0.324 e. The van der Waals surface area contributed by atoms with Gasteiger partial charge in [0.15, 0.2) is 0 Å². The van der Waals surface area contributed by atoms with Crippen molar-refractivity contribution in [2.24, 2.45) is 0 Å². The molecule has 1 aromatic heterocycles. The van der Waals surface area contributed by atoms with Gasteiger partial charge in [-0.05, 0) is 61.0 Å². The molecule has 1 N–H and O–H groups in total. The Kier molecular flexibility index (Phi) is 3.98. The molecule has 0 radical (unpaired) electrons. The van der Waals surface area contributed by atoms with Crippen LogP contribution in [0.4, 0.5) is 5.69 Å². The lowest BCUT2D eigenvalue weighted by Gasteiger charge is -2.10. The largest absolute Gasteiger partial charge is 0.324 e. The number of halogens is 1. The van der Waals surface area contributed by atoms with E-state index in [4.69, 9.17) is 11.6 Å². The topological polar surface area (TPSA) is 34.0 Å². The predicted octanol–water partition coefficient (Wildman–Crippen LogP) is 4.69. The number of amides is 1. The van der Waals surface area contributed by atoms with Gasteiger partial charge in [-0.1, -0.05) is 17.7 Å². The van der Waals surface area contributed by atoms with E-state index < -0.39 is 0 Å². The first-order chi connectivity index (χ1) is 10.6. The monoisotopic (exact) mass is 310 g/mol. The number of carbonyl (C=O) groups is 1. The lowest BCUT2D eigenvalue weighted by molar-refractivity contribution is 0.102. The first kappa shape index (κ1) is 14.4. The number of nitrogens with zero attached hydrogens (tertiary/aromatic N) is 1. The molecule has 0 atom stereocenters. The van der Waals surface area contributed by atoms with E-state index in [1.807, 2.05) is 66.3 Å². The van der Waals surface area contributed by atoms with E-state index in [-0.39, 0.29) is 5.91 Å². The summed E-state index contributed by atoms with van der Waals surface area (Å²) in [5.74, 6) is -0.139. The molecule has 0 aliphatic heterocycles. The Morgan fingerprint density at radius 2 is 1.82 bits per heavy atom. The Balaban J connectivity index is 1.85. The van der Waals surface area contributed by atoms with E-state index >= 15 is 0 Å². The summed E-state index contributed by atoms with van der Waals surface area (Å²) >= 11 is 5.93. The molecule has 3 rings (SSSR count). The molecule has 110 valence electrons. The maximum Gasteiger partial charge on any atom is 0.255 e. The van der Waals surface area contributed by atoms with Crippen molar-refractivity contribution in [1.82, 2.24) is 4.57 Å². The van der Waals surface area contributed by atoms with Crippen molar-refractivity contribution < 1.29 is 4.79 Å². The SMILES string of the molecule is Cc1cc(Cl)ccc1NC(=O)c1cccc(-n2cccc2)c1. The van der Waals surface area contributed by atoms with Gasteiger partial charge in [0.05, 0.1) is 0 Å². The van der Waals surface area contributed by atoms with Crippen molar-refractivity contribution in [3.05, 3.63) is 83.1 Å². The number of carbonyl (C=O) groups excluding carboxylic acids is 1. The highest BCUT2D eigenvalue weighted by Gasteiger charge is 2.09. The molecule has 3 aromatic rings. The average molecular weight is 311 g/mol. The minimum absolute atomic E-state index is 0.139.